The number of nitrogens with one attached hydrogen (secondary N) is 1. The van der Waals surface area contributed by atoms with Crippen LogP contribution < -0.4 is 29.4 Å². The van der Waals surface area contributed by atoms with E-state index < -0.39 is 5.97 Å². The fourth-order valence-electron chi connectivity index (χ4n) is 0.895. The van der Waals surface area contributed by atoms with Crippen molar-refractivity contribution in [3.05, 3.63) is 4.91 Å². The Balaban J connectivity index is -0.0000000779. The molecule has 0 aliphatic carbocycles. The molecule has 0 radical (unpaired) electrons. The number of hydrogen-bond donors (Lipinski definition) is 2. The van der Waals surface area contributed by atoms with Gasteiger partial charge in [-0.05, 0) is 19.4 Å². The van der Waals surface area contributed by atoms with Gasteiger partial charge in [0.15, 0.2) is 0 Å². The molecular weight excluding hydrogens is 199 g/mol. The molecule has 1 rings (SSSR count). The summed E-state index contributed by atoms with van der Waals surface area (Å²) in [6, 6.07) is -0.269. The first-order chi connectivity index (χ1) is 5.72. The largest absolute Gasteiger partial charge is 1.00 e. The van der Waals surface area contributed by atoms with Gasteiger partial charge in [0.2, 0.25) is 0 Å². The van der Waals surface area contributed by atoms with E-state index in [-0.39, 0.29) is 39.8 Å². The summed E-state index contributed by atoms with van der Waals surface area (Å²) in [6.45, 7) is 0.858. The number of aliphatic carboxylic acids is 1. The summed E-state index contributed by atoms with van der Waals surface area (Å²) in [6.07, 6.45) is 1.78. The molecule has 0 aromatic heterocycles. The zero-order valence-corrected chi connectivity index (χ0v) is 7.23. The van der Waals surface area contributed by atoms with Gasteiger partial charge in [-0.1, -0.05) is 14.9 Å². The molecule has 86 valence electrons. The van der Waals surface area contributed by atoms with Crippen LogP contribution in [0.2, 0.25) is 0 Å². The summed E-state index contributed by atoms with van der Waals surface area (Å²) >= 11 is 0. The van der Waals surface area contributed by atoms with Crippen molar-refractivity contribution in [2.75, 3.05) is 6.54 Å². The zero-order chi connectivity index (χ0) is 9.40. The molecule has 0 unspecified atom stereocenters. The molecule has 0 spiro atoms. The average Bonchev–Trinajstić information content (AvgIpc) is 2.57. The summed E-state index contributed by atoms with van der Waals surface area (Å²) in [5.41, 5.74) is 0. The van der Waals surface area contributed by atoms with E-state index >= 15 is 0 Å². The second-order valence-electron chi connectivity index (χ2n) is 2.14. The SMILES string of the molecule is C.C.O=C(O)[C@@H]1CCCN1.O=NO[O-].[Li+]. The molecule has 0 aromatic rings. The van der Waals surface area contributed by atoms with Crippen molar-refractivity contribution in [3.63, 3.8) is 0 Å². The quantitative estimate of drug-likeness (QED) is 0.221. The van der Waals surface area contributed by atoms with Crippen molar-refractivity contribution in [2.24, 2.45) is 5.34 Å². The maximum atomic E-state index is 10.1. The molecule has 2 N–H and O–H groups in total. The standard InChI is InChI=1S/C5H9NO2.2CH4.Li.HNO3/c7-5(8)4-2-1-3-6-4;;;;2-1-4-3/h4,6H,1-3H2,(H,7,8);2*1H4;;3H/q;;;+1;/p-1/t4-;;;;/m0..../s1. The van der Waals surface area contributed by atoms with Crippen LogP contribution in [0, 0.1) is 4.91 Å². The third-order valence-electron chi connectivity index (χ3n) is 1.39. The van der Waals surface area contributed by atoms with E-state index in [9.17, 15) is 4.79 Å². The van der Waals surface area contributed by atoms with E-state index in [0.29, 0.717) is 0 Å². The van der Waals surface area contributed by atoms with Gasteiger partial charge in [0.25, 0.3) is 0 Å². The Morgan fingerprint density at radius 3 is 2.13 bits per heavy atom. The second kappa shape index (κ2) is 15.8. The van der Waals surface area contributed by atoms with E-state index in [2.05, 4.69) is 10.3 Å². The van der Waals surface area contributed by atoms with Gasteiger partial charge in [0.1, 0.15) is 11.4 Å². The van der Waals surface area contributed by atoms with Gasteiger partial charge in [-0.2, -0.15) is 0 Å². The smallest absolute Gasteiger partial charge is 0.635 e. The first-order valence-electron chi connectivity index (χ1n) is 3.30. The predicted molar refractivity (Wildman–Crippen MR) is 49.0 cm³/mol. The molecule has 1 atom stereocenters. The third-order valence-corrected chi connectivity index (χ3v) is 1.39. The van der Waals surface area contributed by atoms with E-state index in [0.717, 1.165) is 19.4 Å². The summed E-state index contributed by atoms with van der Waals surface area (Å²) in [7, 11) is 0. The van der Waals surface area contributed by atoms with E-state index in [1.807, 2.05) is 0 Å². The van der Waals surface area contributed by atoms with Gasteiger partial charge in [0.05, 0.1) is 0 Å². The van der Waals surface area contributed by atoms with Gasteiger partial charge in [-0.15, -0.1) is 4.91 Å². The molecule has 15 heavy (non-hydrogen) atoms. The minimum absolute atomic E-state index is 0. The number of carboxylic acids is 1. The molecule has 1 heterocycles. The number of carbonyl (C=O) groups is 1. The van der Waals surface area contributed by atoms with Gasteiger partial charge < -0.3 is 20.7 Å². The fourth-order valence-corrected chi connectivity index (χ4v) is 0.895. The second-order valence-corrected chi connectivity index (χ2v) is 2.14. The number of carboxylic acid groups (broad SMARTS) is 1. The van der Waals surface area contributed by atoms with Crippen LogP contribution in [0.4, 0.5) is 0 Å². The summed E-state index contributed by atoms with van der Waals surface area (Å²) in [5.74, 6) is -0.720. The summed E-state index contributed by atoms with van der Waals surface area (Å²) in [4.78, 5) is 20.9. The van der Waals surface area contributed by atoms with Crippen LogP contribution in [-0.2, 0) is 9.78 Å². The van der Waals surface area contributed by atoms with E-state index in [1.165, 1.54) is 5.34 Å². The van der Waals surface area contributed by atoms with Gasteiger partial charge in [-0.25, -0.2) is 0 Å². The number of rotatable bonds is 2. The number of hydrogen-bond acceptors (Lipinski definition) is 6. The molecule has 0 bridgehead atoms. The van der Waals surface area contributed by atoms with Crippen molar-refractivity contribution in [3.8, 4) is 0 Å². The Labute approximate surface area is 101 Å². The molecule has 0 aromatic carbocycles. The Kier molecular flexibility index (Phi) is 25.2. The van der Waals surface area contributed by atoms with E-state index in [1.54, 1.807) is 0 Å². The van der Waals surface area contributed by atoms with Crippen molar-refractivity contribution < 1.29 is 39.0 Å². The Hall–Kier alpha value is -0.613. The monoisotopic (exact) mass is 216 g/mol. The molecular formula is C7H17LiN2O5. The molecule has 1 aliphatic heterocycles. The first kappa shape index (κ1) is 23.9. The molecule has 8 heteroatoms. The van der Waals surface area contributed by atoms with Crippen LogP contribution in [0.15, 0.2) is 5.34 Å². The van der Waals surface area contributed by atoms with Crippen LogP contribution >= 0.6 is 0 Å². The molecule has 1 saturated heterocycles. The molecule has 0 amide bonds. The van der Waals surface area contributed by atoms with Crippen molar-refractivity contribution in [2.45, 2.75) is 33.7 Å². The summed E-state index contributed by atoms with van der Waals surface area (Å²) < 4.78 is 0. The molecule has 7 nitrogen and oxygen atoms in total. The summed E-state index contributed by atoms with van der Waals surface area (Å²) in [5, 5.41) is 21.0. The van der Waals surface area contributed by atoms with Crippen LogP contribution in [0.1, 0.15) is 27.7 Å². The average molecular weight is 216 g/mol. The van der Waals surface area contributed by atoms with Gasteiger partial charge in [0, 0.05) is 0 Å². The Morgan fingerprint density at radius 2 is 2.00 bits per heavy atom. The Bertz CT molecular complexity index is 152. The molecule has 1 fully saturated rings. The van der Waals surface area contributed by atoms with Crippen LogP contribution in [0.3, 0.4) is 0 Å². The fraction of sp³-hybridized carbons (Fsp3) is 0.857. The minimum atomic E-state index is -0.720. The van der Waals surface area contributed by atoms with Gasteiger partial charge in [-0.3, -0.25) is 4.79 Å². The maximum Gasteiger partial charge on any atom is 1.00 e. The normalized spacial score (nSPS) is 16.5. The van der Waals surface area contributed by atoms with E-state index in [4.69, 9.17) is 15.3 Å². The first-order valence-corrected chi connectivity index (χ1v) is 3.30. The topological polar surface area (TPSA) is 111 Å². The maximum absolute atomic E-state index is 10.1. The minimum Gasteiger partial charge on any atom is -0.635 e. The van der Waals surface area contributed by atoms with Crippen molar-refractivity contribution >= 4 is 5.97 Å². The molecule has 0 saturated carbocycles. The molecule has 1 aliphatic rings. The zero-order valence-electron chi connectivity index (χ0n) is 7.23. The van der Waals surface area contributed by atoms with Crippen LogP contribution in [0.25, 0.3) is 0 Å². The van der Waals surface area contributed by atoms with Crippen molar-refractivity contribution in [1.82, 2.24) is 5.32 Å². The van der Waals surface area contributed by atoms with Crippen LogP contribution in [0.5, 0.6) is 0 Å². The number of nitrogens with zero attached hydrogens (tertiary/aromatic N) is 1. The van der Waals surface area contributed by atoms with Gasteiger partial charge >= 0.3 is 24.8 Å². The van der Waals surface area contributed by atoms with Crippen LogP contribution in [-0.4, -0.2) is 23.7 Å². The van der Waals surface area contributed by atoms with Crippen molar-refractivity contribution in [1.29, 1.82) is 0 Å². The Morgan fingerprint density at radius 1 is 1.53 bits per heavy atom. The predicted octanol–water partition coefficient (Wildman–Crippen LogP) is -2.94. The third kappa shape index (κ3) is 13.4.